The van der Waals surface area contributed by atoms with Crippen LogP contribution >= 0.6 is 0 Å². The van der Waals surface area contributed by atoms with Crippen LogP contribution in [0, 0.1) is 12.7 Å². The molecule has 1 unspecified atom stereocenters. The molecule has 1 atom stereocenters. The highest BCUT2D eigenvalue weighted by molar-refractivity contribution is 6.39. The van der Waals surface area contributed by atoms with E-state index in [-0.39, 0.29) is 18.3 Å². The van der Waals surface area contributed by atoms with Crippen LogP contribution in [-0.4, -0.2) is 43.9 Å². The van der Waals surface area contributed by atoms with Gasteiger partial charge in [0, 0.05) is 45.1 Å². The van der Waals surface area contributed by atoms with Gasteiger partial charge in [0.25, 0.3) is 0 Å². The van der Waals surface area contributed by atoms with Gasteiger partial charge in [0.15, 0.2) is 0 Å². The summed E-state index contributed by atoms with van der Waals surface area (Å²) in [5, 5.41) is 5.26. The predicted octanol–water partition coefficient (Wildman–Crippen LogP) is 4.05. The van der Waals surface area contributed by atoms with Crippen LogP contribution in [0.1, 0.15) is 28.3 Å². The first-order valence-electron chi connectivity index (χ1n) is 11.8. The van der Waals surface area contributed by atoms with Crippen LogP contribution in [0.2, 0.25) is 0 Å². The lowest BCUT2D eigenvalue weighted by atomic mass is 9.96. The lowest BCUT2D eigenvalue weighted by Gasteiger charge is -2.36. The van der Waals surface area contributed by atoms with Gasteiger partial charge in [-0.15, -0.1) is 0 Å². The van der Waals surface area contributed by atoms with Crippen molar-refractivity contribution in [2.24, 2.45) is 0 Å². The van der Waals surface area contributed by atoms with Crippen molar-refractivity contribution in [1.29, 1.82) is 0 Å². The van der Waals surface area contributed by atoms with Crippen molar-refractivity contribution in [3.05, 3.63) is 94.8 Å². The first-order valence-corrected chi connectivity index (χ1v) is 11.8. The third-order valence-corrected chi connectivity index (χ3v) is 6.49. The molecule has 1 aliphatic rings. The van der Waals surface area contributed by atoms with E-state index in [4.69, 9.17) is 0 Å². The highest BCUT2D eigenvalue weighted by atomic mass is 19.1. The van der Waals surface area contributed by atoms with Gasteiger partial charge < -0.3 is 15.5 Å². The largest absolute Gasteiger partial charge is 0.378 e. The number of halogens is 1. The number of amides is 2. The number of hydrogen-bond acceptors (Lipinski definition) is 4. The molecule has 3 aromatic carbocycles. The minimum atomic E-state index is -0.820. The minimum absolute atomic E-state index is 0.104. The minimum Gasteiger partial charge on any atom is -0.378 e. The van der Waals surface area contributed by atoms with E-state index in [0.717, 1.165) is 30.8 Å². The van der Waals surface area contributed by atoms with Crippen molar-refractivity contribution < 1.29 is 14.0 Å². The quantitative estimate of drug-likeness (QED) is 0.529. The van der Waals surface area contributed by atoms with Crippen molar-refractivity contribution in [3.8, 4) is 0 Å². The third kappa shape index (κ3) is 5.87. The predicted molar refractivity (Wildman–Crippen MR) is 137 cm³/mol. The van der Waals surface area contributed by atoms with Crippen LogP contribution in [-0.2, 0) is 22.6 Å². The van der Waals surface area contributed by atoms with E-state index in [2.05, 4.69) is 58.0 Å². The molecule has 1 aliphatic heterocycles. The lowest BCUT2D eigenvalue weighted by Crippen LogP contribution is -2.43. The van der Waals surface area contributed by atoms with E-state index in [1.165, 1.54) is 17.2 Å². The van der Waals surface area contributed by atoms with Gasteiger partial charge in [0.05, 0.1) is 6.04 Å². The number of carbonyl (C=O) groups is 2. The van der Waals surface area contributed by atoms with Crippen LogP contribution in [0.3, 0.4) is 0 Å². The summed E-state index contributed by atoms with van der Waals surface area (Å²) in [6.07, 6.45) is 0.926. The number of anilines is 2. The molecule has 0 fully saturated rings. The zero-order valence-corrected chi connectivity index (χ0v) is 20.3. The highest BCUT2D eigenvalue weighted by Crippen LogP contribution is 2.28. The van der Waals surface area contributed by atoms with Gasteiger partial charge in [-0.2, -0.15) is 0 Å². The first kappa shape index (κ1) is 24.4. The SMILES string of the molecule is Cc1ccc(NC(=O)C(=O)NCC(c2ccc(N(C)C)cc2)N2CCc3ccccc3C2)cc1F. The molecule has 0 spiro atoms. The molecule has 0 radical (unpaired) electrons. The van der Waals surface area contributed by atoms with Gasteiger partial charge in [-0.1, -0.05) is 42.5 Å². The highest BCUT2D eigenvalue weighted by Gasteiger charge is 2.26. The van der Waals surface area contributed by atoms with Gasteiger partial charge in [0.2, 0.25) is 0 Å². The zero-order chi connectivity index (χ0) is 24.9. The topological polar surface area (TPSA) is 64.7 Å². The summed E-state index contributed by atoms with van der Waals surface area (Å²) < 4.78 is 13.8. The summed E-state index contributed by atoms with van der Waals surface area (Å²) >= 11 is 0. The third-order valence-electron chi connectivity index (χ3n) is 6.49. The second-order valence-electron chi connectivity index (χ2n) is 9.12. The van der Waals surface area contributed by atoms with Crippen LogP contribution in [0.25, 0.3) is 0 Å². The Morgan fingerprint density at radius 1 is 1.00 bits per heavy atom. The van der Waals surface area contributed by atoms with Gasteiger partial charge in [-0.3, -0.25) is 14.5 Å². The van der Waals surface area contributed by atoms with Gasteiger partial charge >= 0.3 is 11.8 Å². The fourth-order valence-electron chi connectivity index (χ4n) is 4.36. The molecule has 2 N–H and O–H groups in total. The van der Waals surface area contributed by atoms with Crippen LogP contribution < -0.4 is 15.5 Å². The van der Waals surface area contributed by atoms with Crippen LogP contribution in [0.15, 0.2) is 66.7 Å². The Bertz CT molecular complexity index is 1210. The maximum Gasteiger partial charge on any atom is 0.313 e. The standard InChI is InChI=1S/C28H31FN4O2/c1-19-8-11-23(16-25(19)29)31-28(35)27(34)30-17-26(21-9-12-24(13-10-21)32(2)3)33-15-14-20-6-4-5-7-22(20)18-33/h4-13,16,26H,14-15,17-18H2,1-3H3,(H,30,34)(H,31,35). The molecule has 2 amide bonds. The van der Waals surface area contributed by atoms with Crippen LogP contribution in [0.5, 0.6) is 0 Å². The summed E-state index contributed by atoms with van der Waals surface area (Å²) in [6.45, 7) is 3.53. The average molecular weight is 475 g/mol. The molecule has 4 rings (SSSR count). The number of benzene rings is 3. The Labute approximate surface area is 205 Å². The molecule has 6 nitrogen and oxygen atoms in total. The molecular weight excluding hydrogens is 443 g/mol. The van der Waals surface area contributed by atoms with E-state index < -0.39 is 17.6 Å². The van der Waals surface area contributed by atoms with Crippen molar-refractivity contribution in [1.82, 2.24) is 10.2 Å². The van der Waals surface area contributed by atoms with Crippen molar-refractivity contribution in [2.45, 2.75) is 25.9 Å². The fraction of sp³-hybridized carbons (Fsp3) is 0.286. The van der Waals surface area contributed by atoms with Gasteiger partial charge in [-0.05, 0) is 59.9 Å². The van der Waals surface area contributed by atoms with E-state index in [0.29, 0.717) is 5.56 Å². The fourth-order valence-corrected chi connectivity index (χ4v) is 4.36. The zero-order valence-electron chi connectivity index (χ0n) is 20.3. The molecular formula is C28H31FN4O2. The molecule has 7 heteroatoms. The number of hydrogen-bond donors (Lipinski definition) is 2. The summed E-state index contributed by atoms with van der Waals surface area (Å²) in [7, 11) is 3.99. The summed E-state index contributed by atoms with van der Waals surface area (Å²) in [5.74, 6) is -2.01. The van der Waals surface area contributed by atoms with Crippen molar-refractivity contribution in [3.63, 3.8) is 0 Å². The van der Waals surface area contributed by atoms with Gasteiger partial charge in [0.1, 0.15) is 5.82 Å². The van der Waals surface area contributed by atoms with Crippen LogP contribution in [0.4, 0.5) is 15.8 Å². The Morgan fingerprint density at radius 2 is 1.71 bits per heavy atom. The Hall–Kier alpha value is -3.71. The Balaban J connectivity index is 1.48. The molecule has 0 aliphatic carbocycles. The van der Waals surface area contributed by atoms with E-state index >= 15 is 0 Å². The molecule has 0 bridgehead atoms. The van der Waals surface area contributed by atoms with E-state index in [1.54, 1.807) is 19.1 Å². The summed E-state index contributed by atoms with van der Waals surface area (Å²) in [5.41, 5.74) is 5.50. The van der Waals surface area contributed by atoms with Crippen molar-refractivity contribution in [2.75, 3.05) is 37.4 Å². The maximum absolute atomic E-state index is 13.8. The second-order valence-corrected chi connectivity index (χ2v) is 9.12. The number of aryl methyl sites for hydroxylation is 1. The van der Waals surface area contributed by atoms with E-state index in [9.17, 15) is 14.0 Å². The monoisotopic (exact) mass is 474 g/mol. The number of fused-ring (bicyclic) bond motifs is 1. The normalized spacial score (nSPS) is 14.1. The molecule has 182 valence electrons. The molecule has 1 heterocycles. The number of rotatable bonds is 6. The molecule has 0 aromatic heterocycles. The summed E-state index contributed by atoms with van der Waals surface area (Å²) in [6, 6.07) is 20.9. The second kappa shape index (κ2) is 10.7. The number of nitrogens with zero attached hydrogens (tertiary/aromatic N) is 2. The first-order chi connectivity index (χ1) is 16.8. The van der Waals surface area contributed by atoms with Gasteiger partial charge in [-0.25, -0.2) is 4.39 Å². The Kier molecular flexibility index (Phi) is 7.46. The number of nitrogens with one attached hydrogen (secondary N) is 2. The Morgan fingerprint density at radius 3 is 2.40 bits per heavy atom. The molecule has 0 saturated heterocycles. The maximum atomic E-state index is 13.8. The smallest absolute Gasteiger partial charge is 0.313 e. The molecule has 35 heavy (non-hydrogen) atoms. The number of carbonyl (C=O) groups excluding carboxylic acids is 2. The average Bonchev–Trinajstić information content (AvgIpc) is 2.86. The molecule has 0 saturated carbocycles. The molecule has 3 aromatic rings. The summed E-state index contributed by atoms with van der Waals surface area (Å²) in [4.78, 5) is 29.4. The van der Waals surface area contributed by atoms with E-state index in [1.807, 2.05) is 25.1 Å². The lowest BCUT2D eigenvalue weighted by molar-refractivity contribution is -0.136. The van der Waals surface area contributed by atoms with Crippen molar-refractivity contribution >= 4 is 23.2 Å².